The van der Waals surface area contributed by atoms with Crippen molar-refractivity contribution in [2.75, 3.05) is 44.9 Å². The van der Waals surface area contributed by atoms with Crippen LogP contribution in [0.3, 0.4) is 0 Å². The van der Waals surface area contributed by atoms with E-state index in [0.29, 0.717) is 25.3 Å². The van der Waals surface area contributed by atoms with Crippen LogP contribution in [0.4, 0.5) is 0 Å². The predicted molar refractivity (Wildman–Crippen MR) is 173 cm³/mol. The number of carboxylic acid groups (broad SMARTS) is 2. The minimum absolute atomic E-state index is 0.0278. The monoisotopic (exact) mass is 646 g/mol. The molecular weight excluding hydrogens is 595 g/mol. The Labute approximate surface area is 257 Å². The summed E-state index contributed by atoms with van der Waals surface area (Å²) in [7, 11) is -5.74. The van der Waals surface area contributed by atoms with Gasteiger partial charge in [0.1, 0.15) is 0 Å². The Balaban J connectivity index is 0.000000684. The van der Waals surface area contributed by atoms with Crippen molar-refractivity contribution in [1.82, 2.24) is 0 Å². The first kappa shape index (κ1) is 40.6. The molecule has 0 aliphatic carbocycles. The van der Waals surface area contributed by atoms with E-state index >= 15 is 0 Å². The van der Waals surface area contributed by atoms with Crippen LogP contribution in [-0.2, 0) is 21.0 Å². The van der Waals surface area contributed by atoms with E-state index < -0.39 is 45.3 Å². The van der Waals surface area contributed by atoms with Gasteiger partial charge in [0.15, 0.2) is 0 Å². The van der Waals surface area contributed by atoms with Gasteiger partial charge in [-0.05, 0) is 18.2 Å². The maximum Gasteiger partial charge on any atom is 0.335 e. The third-order valence-corrected chi connectivity index (χ3v) is 13.0. The molecule has 10 nitrogen and oxygen atoms in total. The van der Waals surface area contributed by atoms with Crippen molar-refractivity contribution in [2.24, 2.45) is 0 Å². The molecule has 2 rings (SSSR count). The molecule has 0 aliphatic heterocycles. The van der Waals surface area contributed by atoms with Gasteiger partial charge in [-0.1, -0.05) is 0 Å². The minimum Gasteiger partial charge on any atom is -0.478 e. The zero-order chi connectivity index (χ0) is 32.7. The Kier molecular flexibility index (Phi) is 21.8. The maximum atomic E-state index is 10.8. The van der Waals surface area contributed by atoms with Gasteiger partial charge in [0.2, 0.25) is 0 Å². The van der Waals surface area contributed by atoms with Gasteiger partial charge in [0.25, 0.3) is 10.1 Å². The Morgan fingerprint density at radius 2 is 1.16 bits per heavy atom. The van der Waals surface area contributed by atoms with Crippen molar-refractivity contribution in [2.45, 2.75) is 70.4 Å². The molecule has 246 valence electrons. The number of ether oxygens (including phenoxy) is 1. The van der Waals surface area contributed by atoms with E-state index in [-0.39, 0.29) is 13.2 Å². The number of aromatic carboxylic acids is 2. The molecule has 0 bridgehead atoms. The Hall–Kier alpha value is -2.40. The van der Waals surface area contributed by atoms with Crippen LogP contribution in [-0.4, -0.2) is 90.2 Å². The Morgan fingerprint density at radius 1 is 0.744 bits per heavy atom. The first-order valence-corrected chi connectivity index (χ1v) is 19.1. The van der Waals surface area contributed by atoms with Gasteiger partial charge in [0.05, 0.1) is 42.4 Å². The van der Waals surface area contributed by atoms with Crippen molar-refractivity contribution in [3.05, 3.63) is 65.2 Å². The molecular formula is C31H51O10PS. The molecule has 0 spiro atoms. The summed E-state index contributed by atoms with van der Waals surface area (Å²) in [5.41, 5.74) is 0.530. The van der Waals surface area contributed by atoms with Gasteiger partial charge < -0.3 is 25.2 Å². The average Bonchev–Trinajstić information content (AvgIpc) is 2.98. The minimum atomic E-state index is -4.64. The Bertz CT molecular complexity index is 1100. The van der Waals surface area contributed by atoms with Crippen LogP contribution < -0.4 is 0 Å². The SMILES string of the molecule is CCCC[PH](CCCC)(CCCC)Cc1ccccc1.O=C(O)c1cc(C(=O)O)cc(S(=O)(=O)O)c1.OCCOCCO. The van der Waals surface area contributed by atoms with Gasteiger partial charge in [-0.25, -0.2) is 9.59 Å². The number of carboxylic acids is 2. The molecule has 0 aromatic heterocycles. The van der Waals surface area contributed by atoms with Crippen LogP contribution in [0.5, 0.6) is 0 Å². The zero-order valence-electron chi connectivity index (χ0n) is 25.7. The molecule has 2 aromatic rings. The molecule has 0 radical (unpaired) electrons. The van der Waals surface area contributed by atoms with E-state index in [1.807, 2.05) is 0 Å². The van der Waals surface area contributed by atoms with Crippen molar-refractivity contribution < 1.29 is 47.7 Å². The van der Waals surface area contributed by atoms with E-state index in [1.165, 1.54) is 44.7 Å². The van der Waals surface area contributed by atoms with Crippen molar-refractivity contribution in [1.29, 1.82) is 0 Å². The third kappa shape index (κ3) is 18.1. The standard InChI is InChI=1S/C19H35P.C8H6O7S.C4H10O3/c1-4-7-15-20(16-8-5-2,17-9-6-3)18-19-13-11-10-12-14-19;9-7(10)4-1-5(8(11)12)3-6(2-4)16(13,14)15;5-1-3-7-4-2-6/h10-14,20H,4-9,15-18H2,1-3H3;1-3H,(H,9,10)(H,11,12)(H,13,14,15);5-6H,1-4H2. The van der Waals surface area contributed by atoms with Crippen LogP contribution in [0, 0.1) is 0 Å². The summed E-state index contributed by atoms with van der Waals surface area (Å²) in [5, 5.41) is 33.4. The number of rotatable bonds is 18. The van der Waals surface area contributed by atoms with Crippen molar-refractivity contribution >= 4 is 29.3 Å². The van der Waals surface area contributed by atoms with Crippen LogP contribution in [0.15, 0.2) is 53.4 Å². The second-order valence-corrected chi connectivity index (χ2v) is 16.6. The summed E-state index contributed by atoms with van der Waals surface area (Å²) >= 11 is 0. The number of unbranched alkanes of at least 4 members (excludes halogenated alkanes) is 3. The fourth-order valence-electron chi connectivity index (χ4n) is 4.55. The van der Waals surface area contributed by atoms with Crippen LogP contribution in [0.1, 0.15) is 85.6 Å². The smallest absolute Gasteiger partial charge is 0.335 e. The summed E-state index contributed by atoms with van der Waals surface area (Å²) in [6, 6.07) is 13.4. The summed E-state index contributed by atoms with van der Waals surface area (Å²) in [5.74, 6) is -2.99. The largest absolute Gasteiger partial charge is 0.478 e. The fourth-order valence-corrected chi connectivity index (χ4v) is 10.8. The van der Waals surface area contributed by atoms with Crippen LogP contribution >= 0.6 is 7.26 Å². The second-order valence-electron chi connectivity index (χ2n) is 10.4. The van der Waals surface area contributed by atoms with Gasteiger partial charge >= 0.3 is 139 Å². The summed E-state index contributed by atoms with van der Waals surface area (Å²) < 4.78 is 34.8. The van der Waals surface area contributed by atoms with E-state index in [0.717, 1.165) is 6.07 Å². The number of carbonyl (C=O) groups is 2. The van der Waals surface area contributed by atoms with E-state index in [4.69, 9.17) is 25.0 Å². The normalized spacial score (nSPS) is 11.5. The molecule has 43 heavy (non-hydrogen) atoms. The number of aliphatic hydroxyl groups excluding tert-OH is 2. The molecule has 12 heteroatoms. The van der Waals surface area contributed by atoms with Crippen molar-refractivity contribution in [3.8, 4) is 0 Å². The Morgan fingerprint density at radius 3 is 1.49 bits per heavy atom. The van der Waals surface area contributed by atoms with Gasteiger partial charge in [-0.2, -0.15) is 8.42 Å². The number of aliphatic hydroxyl groups is 2. The first-order valence-electron chi connectivity index (χ1n) is 14.8. The number of hydrogen-bond donors (Lipinski definition) is 5. The molecule has 0 aliphatic rings. The number of benzene rings is 2. The molecule has 0 amide bonds. The topological polar surface area (TPSA) is 179 Å². The third-order valence-electron chi connectivity index (χ3n) is 6.77. The zero-order valence-corrected chi connectivity index (χ0v) is 27.5. The van der Waals surface area contributed by atoms with Crippen LogP contribution in [0.25, 0.3) is 0 Å². The quantitative estimate of drug-likeness (QED) is 0.0772. The van der Waals surface area contributed by atoms with E-state index in [9.17, 15) is 18.0 Å². The number of hydrogen-bond acceptors (Lipinski definition) is 7. The molecule has 0 fully saturated rings. The molecule has 5 N–H and O–H groups in total. The summed E-state index contributed by atoms with van der Waals surface area (Å²) in [6.07, 6.45) is 14.5. The summed E-state index contributed by atoms with van der Waals surface area (Å²) in [6.45, 7) is 7.74. The maximum absolute atomic E-state index is 10.8. The molecule has 0 atom stereocenters. The van der Waals surface area contributed by atoms with Gasteiger partial charge in [0, 0.05) is 0 Å². The molecule has 2 aromatic carbocycles. The van der Waals surface area contributed by atoms with E-state index in [1.54, 1.807) is 24.0 Å². The summed E-state index contributed by atoms with van der Waals surface area (Å²) in [4.78, 5) is 20.4. The van der Waals surface area contributed by atoms with E-state index in [2.05, 4.69) is 55.8 Å². The fraction of sp³-hybridized carbons (Fsp3) is 0.548. The van der Waals surface area contributed by atoms with Crippen LogP contribution in [0.2, 0.25) is 0 Å². The van der Waals surface area contributed by atoms with Crippen molar-refractivity contribution in [3.63, 3.8) is 0 Å². The molecule has 0 heterocycles. The molecule has 0 unspecified atom stereocenters. The molecule has 0 saturated heterocycles. The second kappa shape index (κ2) is 23.0. The van der Waals surface area contributed by atoms with Gasteiger partial charge in [-0.15, -0.1) is 0 Å². The predicted octanol–water partition coefficient (Wildman–Crippen LogP) is 5.65. The first-order chi connectivity index (χ1) is 20.4. The average molecular weight is 647 g/mol. The molecule has 0 saturated carbocycles. The van der Waals surface area contributed by atoms with Gasteiger partial charge in [-0.3, -0.25) is 4.55 Å².